The first-order valence-electron chi connectivity index (χ1n) is 8.75. The first kappa shape index (κ1) is 20.2. The number of nitrogens with one attached hydrogen (secondary N) is 2. The molecule has 0 atom stereocenters. The molecular weight excluding hydrogens is 476 g/mol. The molecule has 142 valence electrons. The van der Waals surface area contributed by atoms with Crippen molar-refractivity contribution in [1.82, 2.24) is 10.6 Å². The Labute approximate surface area is 175 Å². The number of fused-ring (bicyclic) bond motifs is 2. The molecule has 0 bridgehead atoms. The van der Waals surface area contributed by atoms with Crippen LogP contribution in [0.5, 0.6) is 0 Å². The predicted molar refractivity (Wildman–Crippen MR) is 111 cm³/mol. The second-order valence-electron chi connectivity index (χ2n) is 6.31. The van der Waals surface area contributed by atoms with Gasteiger partial charge in [0.2, 0.25) is 0 Å². The van der Waals surface area contributed by atoms with Crippen LogP contribution in [-0.2, 0) is 17.8 Å². The van der Waals surface area contributed by atoms with Crippen molar-refractivity contribution in [3.05, 3.63) is 67.6 Å². The van der Waals surface area contributed by atoms with E-state index in [9.17, 15) is 9.59 Å². The number of hydrogen-bond acceptors (Lipinski definition) is 4. The summed E-state index contributed by atoms with van der Waals surface area (Å²) in [4.78, 5) is 22.1. The van der Waals surface area contributed by atoms with Crippen molar-refractivity contribution in [3.63, 3.8) is 0 Å². The number of carbonyl (C=O) groups excluding carboxylic acids is 2. The molecule has 2 aromatic rings. The molecule has 1 saturated heterocycles. The standard InChI is InChI=1S/C8H4BrNO2.C8H8BrN.C4H8O/c9-4-1-2-5-6(3-4)8(12)10-7(5)11;9-8-2-1-6-4-10-5-7(6)3-8;1-2-4-5-3-1/h1-3H,(H,10,11,12);1-3,10H,4-5H2;1-4H2. The van der Waals surface area contributed by atoms with Gasteiger partial charge in [0.1, 0.15) is 0 Å². The zero-order valence-corrected chi connectivity index (χ0v) is 17.9. The van der Waals surface area contributed by atoms with Crippen LogP contribution in [0, 0.1) is 0 Å². The van der Waals surface area contributed by atoms with E-state index in [2.05, 4.69) is 60.7 Å². The third-order valence-electron chi connectivity index (χ3n) is 4.32. The van der Waals surface area contributed by atoms with Crippen LogP contribution >= 0.6 is 31.9 Å². The second-order valence-corrected chi connectivity index (χ2v) is 8.14. The fraction of sp³-hybridized carbons (Fsp3) is 0.300. The zero-order chi connectivity index (χ0) is 19.2. The number of carbonyl (C=O) groups is 2. The van der Waals surface area contributed by atoms with Crippen LogP contribution in [0.15, 0.2) is 45.3 Å². The Morgan fingerprint density at radius 3 is 2.11 bits per heavy atom. The Bertz CT molecular complexity index is 844. The molecule has 0 aliphatic carbocycles. The summed E-state index contributed by atoms with van der Waals surface area (Å²) in [5.74, 6) is -0.640. The second kappa shape index (κ2) is 9.59. The predicted octanol–water partition coefficient (Wildman–Crippen LogP) is 4.18. The molecule has 3 heterocycles. The van der Waals surface area contributed by atoms with Gasteiger partial charge in [0.05, 0.1) is 11.1 Å². The molecule has 0 spiro atoms. The number of halogens is 2. The van der Waals surface area contributed by atoms with Crippen molar-refractivity contribution in [2.45, 2.75) is 25.9 Å². The summed E-state index contributed by atoms with van der Waals surface area (Å²) in [6.07, 6.45) is 2.56. The van der Waals surface area contributed by atoms with Crippen LogP contribution in [0.4, 0.5) is 0 Å². The van der Waals surface area contributed by atoms with Crippen LogP contribution in [-0.4, -0.2) is 25.0 Å². The number of ether oxygens (including phenoxy) is 1. The minimum Gasteiger partial charge on any atom is -0.381 e. The first-order chi connectivity index (χ1) is 13.0. The average molecular weight is 496 g/mol. The van der Waals surface area contributed by atoms with E-state index < -0.39 is 0 Å². The molecule has 2 amide bonds. The lowest BCUT2D eigenvalue weighted by Gasteiger charge is -1.95. The molecule has 3 aliphatic heterocycles. The summed E-state index contributed by atoms with van der Waals surface area (Å²) < 4.78 is 6.92. The van der Waals surface area contributed by atoms with E-state index in [1.54, 1.807) is 18.2 Å². The smallest absolute Gasteiger partial charge is 0.258 e. The molecule has 2 aromatic carbocycles. The fourth-order valence-electron chi connectivity index (χ4n) is 2.91. The number of imide groups is 1. The maximum absolute atomic E-state index is 11.1. The van der Waals surface area contributed by atoms with Gasteiger partial charge in [-0.2, -0.15) is 0 Å². The molecule has 7 heteroatoms. The largest absolute Gasteiger partial charge is 0.381 e. The van der Waals surface area contributed by atoms with Crippen molar-refractivity contribution in [2.75, 3.05) is 13.2 Å². The minimum atomic E-state index is -0.323. The Kier molecular flexibility index (Phi) is 7.18. The van der Waals surface area contributed by atoms with Crippen molar-refractivity contribution in [2.24, 2.45) is 0 Å². The number of hydrogen-bond donors (Lipinski definition) is 2. The van der Waals surface area contributed by atoms with Crippen molar-refractivity contribution in [3.8, 4) is 0 Å². The highest BCUT2D eigenvalue weighted by molar-refractivity contribution is 9.10. The zero-order valence-electron chi connectivity index (χ0n) is 14.7. The van der Waals surface area contributed by atoms with Gasteiger partial charge in [-0.15, -0.1) is 0 Å². The lowest BCUT2D eigenvalue weighted by Crippen LogP contribution is -2.19. The number of benzene rings is 2. The van der Waals surface area contributed by atoms with E-state index in [1.165, 1.54) is 28.4 Å². The van der Waals surface area contributed by atoms with Gasteiger partial charge in [0, 0.05) is 35.2 Å². The fourth-order valence-corrected chi connectivity index (χ4v) is 3.68. The molecule has 0 radical (unpaired) electrons. The van der Waals surface area contributed by atoms with Crippen molar-refractivity contribution in [1.29, 1.82) is 0 Å². The summed E-state index contributed by atoms with van der Waals surface area (Å²) in [6.45, 7) is 4.05. The molecular formula is C20H20Br2N2O3. The first-order valence-corrected chi connectivity index (χ1v) is 10.3. The van der Waals surface area contributed by atoms with Crippen molar-refractivity contribution < 1.29 is 14.3 Å². The molecule has 27 heavy (non-hydrogen) atoms. The molecule has 0 aromatic heterocycles. The van der Waals surface area contributed by atoms with Gasteiger partial charge in [0.15, 0.2) is 0 Å². The SMILES string of the molecule is Brc1ccc2c(c1)CNC2.C1CCOC1.O=C1NC(=O)c2cc(Br)ccc21. The summed E-state index contributed by atoms with van der Waals surface area (Å²) in [5.41, 5.74) is 3.75. The summed E-state index contributed by atoms with van der Waals surface area (Å²) in [7, 11) is 0. The van der Waals surface area contributed by atoms with Gasteiger partial charge < -0.3 is 10.1 Å². The van der Waals surface area contributed by atoms with Crippen LogP contribution in [0.2, 0.25) is 0 Å². The molecule has 2 N–H and O–H groups in total. The summed E-state index contributed by atoms with van der Waals surface area (Å²) >= 11 is 6.66. The highest BCUT2D eigenvalue weighted by atomic mass is 79.9. The molecule has 3 aliphatic rings. The Morgan fingerprint density at radius 1 is 0.778 bits per heavy atom. The van der Waals surface area contributed by atoms with Crippen LogP contribution in [0.25, 0.3) is 0 Å². The van der Waals surface area contributed by atoms with Crippen molar-refractivity contribution >= 4 is 43.7 Å². The van der Waals surface area contributed by atoms with E-state index in [0.717, 1.165) is 30.8 Å². The topological polar surface area (TPSA) is 67.4 Å². The van der Waals surface area contributed by atoms with E-state index in [-0.39, 0.29) is 11.8 Å². The third kappa shape index (κ3) is 5.48. The molecule has 5 nitrogen and oxygen atoms in total. The third-order valence-corrected chi connectivity index (χ3v) is 5.31. The van der Waals surface area contributed by atoms with E-state index in [1.807, 2.05) is 0 Å². The number of amides is 2. The molecule has 0 saturated carbocycles. The van der Waals surface area contributed by atoms with Gasteiger partial charge in [0.25, 0.3) is 11.8 Å². The normalized spacial score (nSPS) is 16.5. The van der Waals surface area contributed by atoms with Crippen LogP contribution in [0.1, 0.15) is 44.7 Å². The van der Waals surface area contributed by atoms with Gasteiger partial charge >= 0.3 is 0 Å². The molecule has 1 fully saturated rings. The molecule has 5 rings (SSSR count). The monoisotopic (exact) mass is 494 g/mol. The Balaban J connectivity index is 0.000000126. The lowest BCUT2D eigenvalue weighted by atomic mass is 10.1. The highest BCUT2D eigenvalue weighted by Crippen LogP contribution is 2.20. The molecule has 0 unspecified atom stereocenters. The number of rotatable bonds is 0. The van der Waals surface area contributed by atoms with Crippen LogP contribution in [0.3, 0.4) is 0 Å². The summed E-state index contributed by atoms with van der Waals surface area (Å²) in [5, 5.41) is 5.50. The van der Waals surface area contributed by atoms with Gasteiger partial charge in [-0.3, -0.25) is 14.9 Å². The van der Waals surface area contributed by atoms with Gasteiger partial charge in [-0.05, 0) is 54.3 Å². The Hall–Kier alpha value is -1.54. The maximum atomic E-state index is 11.1. The van der Waals surface area contributed by atoms with Crippen LogP contribution < -0.4 is 10.6 Å². The van der Waals surface area contributed by atoms with E-state index >= 15 is 0 Å². The van der Waals surface area contributed by atoms with E-state index in [4.69, 9.17) is 4.74 Å². The lowest BCUT2D eigenvalue weighted by molar-refractivity contribution is 0.0879. The minimum absolute atomic E-state index is 0.317. The Morgan fingerprint density at radius 2 is 1.41 bits per heavy atom. The average Bonchev–Trinajstić information content (AvgIpc) is 3.39. The van der Waals surface area contributed by atoms with Gasteiger partial charge in [-0.1, -0.05) is 37.9 Å². The van der Waals surface area contributed by atoms with Gasteiger partial charge in [-0.25, -0.2) is 0 Å². The summed E-state index contributed by atoms with van der Waals surface area (Å²) in [6, 6.07) is 11.4. The quantitative estimate of drug-likeness (QED) is 0.538. The highest BCUT2D eigenvalue weighted by Gasteiger charge is 2.26. The van der Waals surface area contributed by atoms with E-state index in [0.29, 0.717) is 11.1 Å². The maximum Gasteiger partial charge on any atom is 0.258 e.